The van der Waals surface area contributed by atoms with E-state index in [2.05, 4.69) is 65.5 Å². The van der Waals surface area contributed by atoms with Crippen LogP contribution in [0.3, 0.4) is 0 Å². The summed E-state index contributed by atoms with van der Waals surface area (Å²) in [5.41, 5.74) is 1.81. The molecule has 0 aliphatic heterocycles. The molecule has 0 saturated carbocycles. The van der Waals surface area contributed by atoms with Crippen LogP contribution >= 0.6 is 15.8 Å². The summed E-state index contributed by atoms with van der Waals surface area (Å²) in [5, 5.41) is 0. The van der Waals surface area contributed by atoms with Crippen molar-refractivity contribution in [3.05, 3.63) is 71.8 Å². The Morgan fingerprint density at radius 2 is 0.674 bits per heavy atom. The molecule has 0 aliphatic carbocycles. The van der Waals surface area contributed by atoms with Gasteiger partial charge in [-0.1, -0.05) is 103 Å². The number of hydrogen-bond donors (Lipinski definition) is 0. The topological polar surface area (TPSA) is 0 Å². The maximum absolute atomic E-state index is 5.09. The Morgan fingerprint density at radius 1 is 0.465 bits per heavy atom. The van der Waals surface area contributed by atoms with Crippen LogP contribution in [0.4, 0.5) is 0 Å². The normalized spacial score (nSPS) is 9.63. The molecule has 0 aromatic heterocycles. The fraction of sp³-hybridized carbons (Fsp3) is 0.600. The molecule has 2 rings (SSSR count). The average molecular weight is 802 g/mol. The van der Waals surface area contributed by atoms with Gasteiger partial charge in [0.2, 0.25) is 0 Å². The van der Waals surface area contributed by atoms with Gasteiger partial charge in [-0.25, -0.2) is 0 Å². The minimum Gasteiger partial charge on any atom is -0.184 e. The summed E-state index contributed by atoms with van der Waals surface area (Å²) in [5.74, 6) is 5.01. The molecule has 0 atom stereocenters. The Morgan fingerprint density at radius 3 is 0.814 bits per heavy atom. The third-order valence-corrected chi connectivity index (χ3v) is 12.4. The van der Waals surface area contributed by atoms with Crippen LogP contribution in [0.2, 0.25) is 0 Å². The summed E-state index contributed by atoms with van der Waals surface area (Å²) in [7, 11) is 0.843. The molecule has 0 fully saturated rings. The first-order chi connectivity index (χ1) is 20.6. The number of hydrogen-bond acceptors (Lipinski definition) is 0. The molecule has 0 saturated heterocycles. The van der Waals surface area contributed by atoms with Crippen molar-refractivity contribution in [1.82, 2.24) is 0 Å². The minimum atomic E-state index is 0. The first-order valence-corrected chi connectivity index (χ1v) is 20.7. The molecule has 0 spiro atoms. The van der Waals surface area contributed by atoms with E-state index in [4.69, 9.17) is 12.8 Å². The van der Waals surface area contributed by atoms with Crippen LogP contribution in [0.15, 0.2) is 48.5 Å². The van der Waals surface area contributed by atoms with Gasteiger partial charge in [-0.05, 0) is 75.5 Å². The molecule has 0 aliphatic rings. The molecule has 244 valence electrons. The Hall–Kier alpha value is -0.892. The van der Waals surface area contributed by atoms with Crippen molar-refractivity contribution in [2.75, 3.05) is 37.0 Å². The molecular weight excluding hydrogens is 737 g/mol. The Labute approximate surface area is 287 Å². The molecule has 0 bridgehead atoms. The third kappa shape index (κ3) is 33.8. The molecule has 0 nitrogen and oxygen atoms in total. The molecule has 3 heteroatoms. The molecule has 2 aromatic rings. The van der Waals surface area contributed by atoms with E-state index in [0.29, 0.717) is 15.8 Å². The van der Waals surface area contributed by atoms with E-state index in [1.165, 1.54) is 77.0 Å². The van der Waals surface area contributed by atoms with Crippen LogP contribution in [0, 0.1) is 36.8 Å². The number of benzene rings is 2. The van der Waals surface area contributed by atoms with Gasteiger partial charge in [-0.2, -0.15) is 60.7 Å². The monoisotopic (exact) mass is 801 g/mol. The molecule has 0 N–H and O–H groups in total. The molecular formula is C40H64P2Pt. The van der Waals surface area contributed by atoms with Crippen LogP contribution in [0.5, 0.6) is 0 Å². The van der Waals surface area contributed by atoms with Crippen LogP contribution < -0.4 is 0 Å². The zero-order valence-electron chi connectivity index (χ0n) is 28.7. The van der Waals surface area contributed by atoms with Crippen molar-refractivity contribution in [2.24, 2.45) is 0 Å². The summed E-state index contributed by atoms with van der Waals surface area (Å²) in [6, 6.07) is 20.3. The second-order valence-corrected chi connectivity index (χ2v) is 16.0. The van der Waals surface area contributed by atoms with Crippen molar-refractivity contribution in [1.29, 1.82) is 0 Å². The van der Waals surface area contributed by atoms with Gasteiger partial charge in [0.25, 0.3) is 0 Å². The molecule has 43 heavy (non-hydrogen) atoms. The summed E-state index contributed by atoms with van der Waals surface area (Å²) >= 11 is 0. The maximum atomic E-state index is 5.09. The molecule has 0 heterocycles. The van der Waals surface area contributed by atoms with Crippen LogP contribution in [0.25, 0.3) is 0 Å². The largest absolute Gasteiger partial charge is 2.00 e. The number of rotatable bonds is 18. The van der Waals surface area contributed by atoms with Gasteiger partial charge in [0.15, 0.2) is 0 Å². The van der Waals surface area contributed by atoms with Gasteiger partial charge in [0.1, 0.15) is 0 Å². The van der Waals surface area contributed by atoms with E-state index in [-0.39, 0.29) is 21.1 Å². The first kappa shape index (κ1) is 46.5. The van der Waals surface area contributed by atoms with Crippen LogP contribution in [-0.2, 0) is 21.1 Å². The first-order valence-electron chi connectivity index (χ1n) is 16.9. The molecule has 0 radical (unpaired) electrons. The molecule has 0 amide bonds. The van der Waals surface area contributed by atoms with Gasteiger partial charge in [-0.3, -0.25) is 0 Å². The zero-order valence-corrected chi connectivity index (χ0v) is 32.8. The Balaban J connectivity index is -0.000000503. The van der Waals surface area contributed by atoms with E-state index < -0.39 is 0 Å². The zero-order chi connectivity index (χ0) is 31.5. The SMILES string of the molecule is C#Cc1cc[c-]cc1.C#Cc1cc[c-]cc1.CCCCP(CCCC)CCCC.CCCCP(CCCC)CCCC.[Pt+2]. The summed E-state index contributed by atoms with van der Waals surface area (Å²) in [4.78, 5) is 0. The van der Waals surface area contributed by atoms with Crippen LogP contribution in [0.1, 0.15) is 130 Å². The standard InChI is InChI=1S/2C12H27P.2C8H5.Pt/c2*1-4-7-10-13(11-8-5-2)12-9-6-3;2*1-2-8-6-4-3-5-7-8;/h2*4-12H2,1-3H3;2*1,4-7H;/q;;2*-1;+2. The van der Waals surface area contributed by atoms with E-state index in [1.54, 1.807) is 61.2 Å². The van der Waals surface area contributed by atoms with Crippen molar-refractivity contribution < 1.29 is 21.1 Å². The second-order valence-electron chi connectivity index (χ2n) is 10.7. The predicted octanol–water partition coefficient (Wildman–Crippen LogP) is 12.7. The number of unbranched alkanes of at least 4 members (excludes halogenated alkanes) is 6. The van der Waals surface area contributed by atoms with E-state index in [0.717, 1.165) is 11.1 Å². The summed E-state index contributed by atoms with van der Waals surface area (Å²) in [6.07, 6.45) is 36.6. The van der Waals surface area contributed by atoms with Gasteiger partial charge < -0.3 is 0 Å². The second kappa shape index (κ2) is 39.1. The van der Waals surface area contributed by atoms with Gasteiger partial charge in [0, 0.05) is 0 Å². The van der Waals surface area contributed by atoms with Gasteiger partial charge >= 0.3 is 21.1 Å². The predicted molar refractivity (Wildman–Crippen MR) is 199 cm³/mol. The average Bonchev–Trinajstić information content (AvgIpc) is 3.05. The third-order valence-electron chi connectivity index (χ3n) is 6.74. The van der Waals surface area contributed by atoms with Gasteiger partial charge in [-0.15, -0.1) is 28.7 Å². The van der Waals surface area contributed by atoms with E-state index in [9.17, 15) is 0 Å². The Kier molecular flexibility index (Phi) is 42.3. The Bertz CT molecular complexity index is 742. The fourth-order valence-electron chi connectivity index (χ4n) is 3.93. The number of terminal acetylenes is 2. The van der Waals surface area contributed by atoms with E-state index in [1.807, 2.05) is 24.3 Å². The quantitative estimate of drug-likeness (QED) is 0.0800. The van der Waals surface area contributed by atoms with Gasteiger partial charge in [0.05, 0.1) is 0 Å². The van der Waals surface area contributed by atoms with Crippen molar-refractivity contribution in [3.8, 4) is 24.7 Å². The maximum Gasteiger partial charge on any atom is 2.00 e. The van der Waals surface area contributed by atoms with Crippen molar-refractivity contribution in [2.45, 2.75) is 119 Å². The summed E-state index contributed by atoms with van der Waals surface area (Å²) in [6.45, 7) is 13.9. The smallest absolute Gasteiger partial charge is 0.184 e. The molecule has 2 aromatic carbocycles. The van der Waals surface area contributed by atoms with Crippen LogP contribution in [-0.4, -0.2) is 37.0 Å². The van der Waals surface area contributed by atoms with Crippen molar-refractivity contribution in [3.63, 3.8) is 0 Å². The fourth-order valence-corrected chi connectivity index (χ4v) is 9.85. The van der Waals surface area contributed by atoms with E-state index >= 15 is 0 Å². The van der Waals surface area contributed by atoms with Crippen molar-refractivity contribution >= 4 is 15.8 Å². The minimum absolute atomic E-state index is 0. The summed E-state index contributed by atoms with van der Waals surface area (Å²) < 4.78 is 0. The molecule has 0 unspecified atom stereocenters.